The lowest BCUT2D eigenvalue weighted by molar-refractivity contribution is 0.147. The predicted molar refractivity (Wildman–Crippen MR) is 66.5 cm³/mol. The number of hydrogen-bond donors (Lipinski definition) is 1. The number of aromatic nitrogens is 2. The molecule has 0 spiro atoms. The van der Waals surface area contributed by atoms with E-state index in [4.69, 9.17) is 0 Å². The van der Waals surface area contributed by atoms with Gasteiger partial charge in [0.15, 0.2) is 0 Å². The van der Waals surface area contributed by atoms with Crippen LogP contribution in [0.4, 0.5) is 8.78 Å². The second-order valence-electron chi connectivity index (χ2n) is 4.01. The normalized spacial score (nSPS) is 11.3. The van der Waals surface area contributed by atoms with Crippen molar-refractivity contribution < 1.29 is 8.78 Å². The molecule has 0 atom stereocenters. The summed E-state index contributed by atoms with van der Waals surface area (Å²) in [6.45, 7) is 0. The van der Waals surface area contributed by atoms with E-state index in [9.17, 15) is 8.78 Å². The van der Waals surface area contributed by atoms with Gasteiger partial charge in [-0.2, -0.15) is 0 Å². The third-order valence-electron chi connectivity index (χ3n) is 2.87. The average Bonchev–Trinajstić information content (AvgIpc) is 2.83. The molecular formula is C14H10F2N2. The number of halogens is 2. The van der Waals surface area contributed by atoms with Crippen LogP contribution in [0.5, 0.6) is 0 Å². The van der Waals surface area contributed by atoms with Crippen LogP contribution in [0.3, 0.4) is 0 Å². The van der Waals surface area contributed by atoms with Gasteiger partial charge in [0.1, 0.15) is 5.65 Å². The van der Waals surface area contributed by atoms with Crippen LogP contribution < -0.4 is 0 Å². The monoisotopic (exact) mass is 244 g/mol. The Labute approximate surface area is 102 Å². The third kappa shape index (κ3) is 1.76. The summed E-state index contributed by atoms with van der Waals surface area (Å²) in [6.07, 6.45) is -0.890. The van der Waals surface area contributed by atoms with Crippen molar-refractivity contribution in [2.75, 3.05) is 0 Å². The number of rotatable bonds is 2. The molecule has 0 aliphatic heterocycles. The quantitative estimate of drug-likeness (QED) is 0.720. The summed E-state index contributed by atoms with van der Waals surface area (Å²) in [4.78, 5) is 6.73. The van der Waals surface area contributed by atoms with Crippen molar-refractivity contribution in [2.24, 2.45) is 0 Å². The first-order valence-corrected chi connectivity index (χ1v) is 5.57. The largest absolute Gasteiger partial charge is 0.338 e. The summed E-state index contributed by atoms with van der Waals surface area (Å²) in [5, 5.41) is 0.721. The van der Waals surface area contributed by atoms with E-state index in [1.54, 1.807) is 6.20 Å². The minimum Gasteiger partial charge on any atom is -0.338 e. The van der Waals surface area contributed by atoms with Gasteiger partial charge < -0.3 is 4.98 Å². The molecule has 18 heavy (non-hydrogen) atoms. The van der Waals surface area contributed by atoms with E-state index >= 15 is 0 Å². The van der Waals surface area contributed by atoms with Crippen molar-refractivity contribution in [3.63, 3.8) is 0 Å². The number of benzene rings is 1. The molecule has 0 radical (unpaired) electrons. The lowest BCUT2D eigenvalue weighted by Crippen LogP contribution is -1.82. The Kier molecular flexibility index (Phi) is 2.55. The summed E-state index contributed by atoms with van der Waals surface area (Å²) in [5.41, 5.74) is 2.29. The van der Waals surface area contributed by atoms with Crippen molar-refractivity contribution in [3.8, 4) is 11.1 Å². The number of aromatic amines is 1. The van der Waals surface area contributed by atoms with E-state index in [2.05, 4.69) is 9.97 Å². The molecule has 0 unspecified atom stereocenters. The zero-order chi connectivity index (χ0) is 12.5. The van der Waals surface area contributed by atoms with Gasteiger partial charge in [0.2, 0.25) is 0 Å². The van der Waals surface area contributed by atoms with Gasteiger partial charge in [0.25, 0.3) is 6.43 Å². The van der Waals surface area contributed by atoms with E-state index in [1.807, 2.05) is 36.4 Å². The summed E-state index contributed by atoms with van der Waals surface area (Å²) < 4.78 is 25.4. The maximum absolute atomic E-state index is 12.7. The van der Waals surface area contributed by atoms with Gasteiger partial charge in [-0.05, 0) is 23.3 Å². The van der Waals surface area contributed by atoms with Gasteiger partial charge in [0, 0.05) is 11.6 Å². The van der Waals surface area contributed by atoms with Crippen molar-refractivity contribution in [2.45, 2.75) is 6.43 Å². The Morgan fingerprint density at radius 3 is 2.56 bits per heavy atom. The Hall–Kier alpha value is -2.23. The van der Waals surface area contributed by atoms with E-state index in [0.29, 0.717) is 5.65 Å². The Balaban J connectivity index is 2.24. The molecule has 3 aromatic rings. The van der Waals surface area contributed by atoms with Crippen LogP contribution in [-0.2, 0) is 0 Å². The number of hydrogen-bond acceptors (Lipinski definition) is 1. The Morgan fingerprint density at radius 2 is 1.83 bits per heavy atom. The van der Waals surface area contributed by atoms with Crippen LogP contribution >= 0.6 is 0 Å². The summed E-state index contributed by atoms with van der Waals surface area (Å²) in [7, 11) is 0. The van der Waals surface area contributed by atoms with Gasteiger partial charge in [-0.25, -0.2) is 13.8 Å². The van der Waals surface area contributed by atoms with Gasteiger partial charge in [0.05, 0.1) is 5.69 Å². The smallest absolute Gasteiger partial charge is 0.278 e. The van der Waals surface area contributed by atoms with E-state index in [-0.39, 0.29) is 5.69 Å². The predicted octanol–water partition coefficient (Wildman–Crippen LogP) is 4.17. The van der Waals surface area contributed by atoms with Crippen LogP contribution in [0.15, 0.2) is 48.7 Å². The molecule has 4 heteroatoms. The highest BCUT2D eigenvalue weighted by atomic mass is 19.3. The molecular weight excluding hydrogens is 234 g/mol. The summed E-state index contributed by atoms with van der Waals surface area (Å²) in [5.74, 6) is 0. The third-order valence-corrected chi connectivity index (χ3v) is 2.87. The maximum Gasteiger partial charge on any atom is 0.278 e. The molecule has 1 aromatic carbocycles. The number of fused-ring (bicyclic) bond motifs is 1. The number of pyridine rings is 1. The Bertz CT molecular complexity index is 675. The molecule has 0 bridgehead atoms. The average molecular weight is 244 g/mol. The van der Waals surface area contributed by atoms with Crippen LogP contribution in [0.1, 0.15) is 12.1 Å². The number of nitrogens with zero attached hydrogens (tertiary/aromatic N) is 1. The zero-order valence-corrected chi connectivity index (χ0v) is 9.40. The highest BCUT2D eigenvalue weighted by Crippen LogP contribution is 2.30. The van der Waals surface area contributed by atoms with Gasteiger partial charge in [-0.15, -0.1) is 0 Å². The fraction of sp³-hybridized carbons (Fsp3) is 0.0714. The van der Waals surface area contributed by atoms with E-state index < -0.39 is 6.43 Å². The van der Waals surface area contributed by atoms with Gasteiger partial charge >= 0.3 is 0 Å². The van der Waals surface area contributed by atoms with Crippen molar-refractivity contribution in [3.05, 3.63) is 54.4 Å². The first kappa shape index (κ1) is 10.9. The minimum atomic E-state index is -2.51. The molecule has 0 fully saturated rings. The fourth-order valence-corrected chi connectivity index (χ4v) is 2.03. The zero-order valence-electron chi connectivity index (χ0n) is 9.40. The topological polar surface area (TPSA) is 28.7 Å². The summed E-state index contributed by atoms with van der Waals surface area (Å²) >= 11 is 0. The number of H-pyrrole nitrogens is 1. The van der Waals surface area contributed by atoms with Crippen molar-refractivity contribution in [1.82, 2.24) is 9.97 Å². The molecule has 0 saturated heterocycles. The summed E-state index contributed by atoms with van der Waals surface area (Å²) in [6, 6.07) is 13.0. The Morgan fingerprint density at radius 1 is 1.06 bits per heavy atom. The van der Waals surface area contributed by atoms with Crippen LogP contribution in [0, 0.1) is 0 Å². The molecule has 0 amide bonds. The highest BCUT2D eigenvalue weighted by Gasteiger charge is 2.13. The lowest BCUT2D eigenvalue weighted by Gasteiger charge is -2.02. The number of alkyl halides is 2. The second-order valence-corrected chi connectivity index (χ2v) is 4.01. The van der Waals surface area contributed by atoms with Crippen molar-refractivity contribution >= 4 is 11.0 Å². The molecule has 2 heterocycles. The van der Waals surface area contributed by atoms with Crippen LogP contribution in [0.2, 0.25) is 0 Å². The van der Waals surface area contributed by atoms with Gasteiger partial charge in [-0.1, -0.05) is 30.3 Å². The van der Waals surface area contributed by atoms with Crippen LogP contribution in [-0.4, -0.2) is 9.97 Å². The molecule has 0 aliphatic rings. The molecule has 0 saturated carbocycles. The minimum absolute atomic E-state index is 0.0964. The molecule has 90 valence electrons. The molecule has 3 rings (SSSR count). The first-order chi connectivity index (χ1) is 8.75. The fourth-order valence-electron chi connectivity index (χ4n) is 2.03. The molecule has 1 N–H and O–H groups in total. The standard InChI is InChI=1S/C14H10F2N2/c15-13(16)12-8-11-10(6-7-17-14(11)18-12)9-4-2-1-3-5-9/h1-8,13H,(H,17,18). The number of nitrogens with one attached hydrogen (secondary N) is 1. The lowest BCUT2D eigenvalue weighted by atomic mass is 10.0. The SMILES string of the molecule is FC(F)c1cc2c(-c3ccccc3)ccnc2[nH]1. The highest BCUT2D eigenvalue weighted by molar-refractivity contribution is 5.93. The molecule has 2 nitrogen and oxygen atoms in total. The van der Waals surface area contributed by atoms with Crippen LogP contribution in [0.25, 0.3) is 22.2 Å². The van der Waals surface area contributed by atoms with Crippen molar-refractivity contribution in [1.29, 1.82) is 0 Å². The molecule has 2 aromatic heterocycles. The first-order valence-electron chi connectivity index (χ1n) is 5.57. The molecule has 0 aliphatic carbocycles. The second kappa shape index (κ2) is 4.22. The maximum atomic E-state index is 12.7. The van der Waals surface area contributed by atoms with Gasteiger partial charge in [-0.3, -0.25) is 0 Å². The van der Waals surface area contributed by atoms with E-state index in [1.165, 1.54) is 6.07 Å². The van der Waals surface area contributed by atoms with E-state index in [0.717, 1.165) is 16.5 Å².